The maximum absolute atomic E-state index is 13.4. The third-order valence-corrected chi connectivity index (χ3v) is 3.46. The lowest BCUT2D eigenvalue weighted by atomic mass is 10.0. The molecule has 102 valence electrons. The zero-order chi connectivity index (χ0) is 14.1. The molecule has 1 aliphatic rings. The number of aromatic nitrogens is 2. The number of benzene rings is 1. The molecule has 4 nitrogen and oxygen atoms in total. The molecule has 0 spiro atoms. The number of halogens is 2. The van der Waals surface area contributed by atoms with E-state index in [2.05, 4.69) is 10.2 Å². The number of carbonyl (C=O) groups is 1. The Morgan fingerprint density at radius 3 is 2.80 bits per heavy atom. The molecular weight excluding hydrogens is 281 g/mol. The van der Waals surface area contributed by atoms with Gasteiger partial charge in [0.25, 0.3) is 0 Å². The average Bonchev–Trinajstić information content (AvgIpc) is 2.44. The highest BCUT2D eigenvalue weighted by Gasteiger charge is 2.25. The molecule has 1 aromatic heterocycles. The molecule has 2 aromatic rings. The summed E-state index contributed by atoms with van der Waals surface area (Å²) in [5, 5.41) is 7.98. The van der Waals surface area contributed by atoms with Crippen LogP contribution < -0.4 is 4.90 Å². The monoisotopic (exact) mass is 291 g/mol. The first-order valence-electron chi connectivity index (χ1n) is 6.20. The third kappa shape index (κ3) is 2.49. The van der Waals surface area contributed by atoms with Gasteiger partial charge in [-0.15, -0.1) is 5.10 Å². The minimum atomic E-state index is -0.356. The number of anilines is 1. The molecule has 0 unspecified atom stereocenters. The lowest BCUT2D eigenvalue weighted by Crippen LogP contribution is -2.35. The van der Waals surface area contributed by atoms with E-state index in [0.717, 1.165) is 5.56 Å². The number of aryl methyl sites for hydroxylation is 1. The van der Waals surface area contributed by atoms with Gasteiger partial charge in [-0.1, -0.05) is 17.7 Å². The molecule has 0 N–H and O–H groups in total. The first-order valence-corrected chi connectivity index (χ1v) is 6.58. The van der Waals surface area contributed by atoms with E-state index in [9.17, 15) is 9.18 Å². The van der Waals surface area contributed by atoms with Crippen LogP contribution in [-0.4, -0.2) is 16.1 Å². The van der Waals surface area contributed by atoms with Crippen molar-refractivity contribution in [1.29, 1.82) is 0 Å². The summed E-state index contributed by atoms with van der Waals surface area (Å²) in [6.07, 6.45) is 1.05. The van der Waals surface area contributed by atoms with E-state index in [4.69, 9.17) is 11.6 Å². The molecule has 2 heterocycles. The molecule has 0 saturated carbocycles. The maximum atomic E-state index is 13.4. The van der Waals surface area contributed by atoms with Crippen molar-refractivity contribution in [2.24, 2.45) is 0 Å². The van der Waals surface area contributed by atoms with Gasteiger partial charge in [-0.25, -0.2) is 4.39 Å². The van der Waals surface area contributed by atoms with Gasteiger partial charge in [0.05, 0.1) is 17.9 Å². The van der Waals surface area contributed by atoms with Crippen molar-refractivity contribution in [3.8, 4) is 0 Å². The zero-order valence-corrected chi connectivity index (χ0v) is 11.3. The maximum Gasteiger partial charge on any atom is 0.227 e. The minimum absolute atomic E-state index is 0.0418. The Morgan fingerprint density at radius 1 is 1.20 bits per heavy atom. The molecule has 0 fully saturated rings. The first kappa shape index (κ1) is 13.0. The molecule has 6 heteroatoms. The van der Waals surface area contributed by atoms with Crippen molar-refractivity contribution in [3.63, 3.8) is 0 Å². The number of hydrogen-bond acceptors (Lipinski definition) is 3. The molecule has 1 amide bonds. The van der Waals surface area contributed by atoms with Crippen molar-refractivity contribution in [2.75, 3.05) is 4.90 Å². The quantitative estimate of drug-likeness (QED) is 0.855. The largest absolute Gasteiger partial charge is 0.306 e. The van der Waals surface area contributed by atoms with Crippen LogP contribution in [0, 0.1) is 5.82 Å². The Kier molecular flexibility index (Phi) is 3.36. The van der Waals surface area contributed by atoms with Gasteiger partial charge in [0, 0.05) is 6.42 Å². The molecule has 0 aliphatic carbocycles. The number of hydrogen-bond donors (Lipinski definition) is 0. The standard InChI is InChI=1S/C14H11ClFN3O/c15-13-5-4-11(17-18-13)8-19-12-7-10(16)3-1-9(12)2-6-14(19)20/h1,3-5,7H,2,6,8H2. The summed E-state index contributed by atoms with van der Waals surface area (Å²) in [4.78, 5) is 13.6. The minimum Gasteiger partial charge on any atom is -0.306 e. The van der Waals surface area contributed by atoms with Crippen LogP contribution >= 0.6 is 11.6 Å². The zero-order valence-electron chi connectivity index (χ0n) is 10.5. The molecular formula is C14H11ClFN3O. The van der Waals surface area contributed by atoms with Crippen LogP contribution in [0.5, 0.6) is 0 Å². The van der Waals surface area contributed by atoms with Crippen molar-refractivity contribution < 1.29 is 9.18 Å². The summed E-state index contributed by atoms with van der Waals surface area (Å²) in [6, 6.07) is 7.84. The predicted molar refractivity (Wildman–Crippen MR) is 73.0 cm³/mol. The Hall–Kier alpha value is -2.01. The second-order valence-corrected chi connectivity index (χ2v) is 4.99. The van der Waals surface area contributed by atoms with Gasteiger partial charge < -0.3 is 4.90 Å². The predicted octanol–water partition coefficient (Wildman–Crippen LogP) is 2.75. The second kappa shape index (κ2) is 5.17. The Morgan fingerprint density at radius 2 is 2.05 bits per heavy atom. The van der Waals surface area contributed by atoms with E-state index < -0.39 is 0 Å². The van der Waals surface area contributed by atoms with Crippen LogP contribution in [0.4, 0.5) is 10.1 Å². The molecule has 0 radical (unpaired) electrons. The Bertz CT molecular complexity index is 660. The van der Waals surface area contributed by atoms with Crippen LogP contribution in [0.1, 0.15) is 17.7 Å². The van der Waals surface area contributed by atoms with Gasteiger partial charge in [0.1, 0.15) is 5.82 Å². The summed E-state index contributed by atoms with van der Waals surface area (Å²) < 4.78 is 13.4. The van der Waals surface area contributed by atoms with Crippen molar-refractivity contribution in [2.45, 2.75) is 19.4 Å². The van der Waals surface area contributed by atoms with Gasteiger partial charge in [-0.3, -0.25) is 4.79 Å². The van der Waals surface area contributed by atoms with Gasteiger partial charge in [-0.2, -0.15) is 5.10 Å². The summed E-state index contributed by atoms with van der Waals surface area (Å²) in [7, 11) is 0. The van der Waals surface area contributed by atoms with E-state index in [1.807, 2.05) is 0 Å². The Balaban J connectivity index is 1.94. The van der Waals surface area contributed by atoms with E-state index in [0.29, 0.717) is 29.4 Å². The third-order valence-electron chi connectivity index (χ3n) is 3.25. The number of amides is 1. The molecule has 20 heavy (non-hydrogen) atoms. The summed E-state index contributed by atoms with van der Waals surface area (Å²) in [6.45, 7) is 0.263. The fourth-order valence-electron chi connectivity index (χ4n) is 2.27. The smallest absolute Gasteiger partial charge is 0.227 e. The molecule has 0 bridgehead atoms. The van der Waals surface area contributed by atoms with Crippen molar-refractivity contribution in [3.05, 3.63) is 52.6 Å². The topological polar surface area (TPSA) is 46.1 Å². The second-order valence-electron chi connectivity index (χ2n) is 4.60. The van der Waals surface area contributed by atoms with Crippen molar-refractivity contribution in [1.82, 2.24) is 10.2 Å². The lowest BCUT2D eigenvalue weighted by molar-refractivity contribution is -0.119. The number of carbonyl (C=O) groups excluding carboxylic acids is 1. The average molecular weight is 292 g/mol. The first-order chi connectivity index (χ1) is 9.63. The summed E-state index contributed by atoms with van der Waals surface area (Å²) in [5.74, 6) is -0.398. The fraction of sp³-hybridized carbons (Fsp3) is 0.214. The van der Waals surface area contributed by atoms with Gasteiger partial charge >= 0.3 is 0 Å². The van der Waals surface area contributed by atoms with E-state index in [1.54, 1.807) is 23.1 Å². The highest BCUT2D eigenvalue weighted by molar-refractivity contribution is 6.29. The van der Waals surface area contributed by atoms with Crippen LogP contribution in [0.25, 0.3) is 0 Å². The van der Waals surface area contributed by atoms with E-state index >= 15 is 0 Å². The van der Waals surface area contributed by atoms with Crippen LogP contribution in [0.15, 0.2) is 30.3 Å². The molecule has 0 atom stereocenters. The van der Waals surface area contributed by atoms with Crippen molar-refractivity contribution >= 4 is 23.2 Å². The summed E-state index contributed by atoms with van der Waals surface area (Å²) in [5.41, 5.74) is 2.19. The highest BCUT2D eigenvalue weighted by Crippen LogP contribution is 2.29. The fourth-order valence-corrected chi connectivity index (χ4v) is 2.37. The van der Waals surface area contributed by atoms with Crippen LogP contribution in [-0.2, 0) is 17.8 Å². The molecule has 1 aliphatic heterocycles. The summed E-state index contributed by atoms with van der Waals surface area (Å²) >= 11 is 5.68. The normalized spacial score (nSPS) is 14.3. The highest BCUT2D eigenvalue weighted by atomic mass is 35.5. The molecule has 3 rings (SSSR count). The lowest BCUT2D eigenvalue weighted by Gasteiger charge is -2.29. The van der Waals surface area contributed by atoms with Gasteiger partial charge in [0.15, 0.2) is 5.15 Å². The van der Waals surface area contributed by atoms with Gasteiger partial charge in [0.2, 0.25) is 5.91 Å². The molecule has 0 saturated heterocycles. The number of rotatable bonds is 2. The Labute approximate surface area is 120 Å². The number of nitrogens with zero attached hydrogens (tertiary/aromatic N) is 3. The van der Waals surface area contributed by atoms with Crippen LogP contribution in [0.2, 0.25) is 5.15 Å². The van der Waals surface area contributed by atoms with E-state index in [1.165, 1.54) is 12.1 Å². The number of fused-ring (bicyclic) bond motifs is 1. The molecule has 1 aromatic carbocycles. The van der Waals surface area contributed by atoms with Crippen LogP contribution in [0.3, 0.4) is 0 Å². The van der Waals surface area contributed by atoms with E-state index in [-0.39, 0.29) is 18.3 Å². The SMILES string of the molecule is O=C1CCc2ccc(F)cc2N1Cc1ccc(Cl)nn1. The van der Waals surface area contributed by atoms with Gasteiger partial charge in [-0.05, 0) is 36.2 Å².